The molecule has 0 unspecified atom stereocenters. The van der Waals surface area contributed by atoms with Crippen molar-refractivity contribution in [1.82, 2.24) is 4.90 Å². The van der Waals surface area contributed by atoms with Gasteiger partial charge in [-0.1, -0.05) is 0 Å². The highest BCUT2D eigenvalue weighted by Gasteiger charge is 2.11. The SMILES string of the molecule is COC(=O)CCN(C)C(=O)CCOCC(F)F. The standard InChI is InChI=1S/C10H17F2NO4/c1-13(5-3-10(15)16-2)9(14)4-6-17-7-8(11)12/h8H,3-7H2,1-2H3. The van der Waals surface area contributed by atoms with Crippen LogP contribution in [0, 0.1) is 0 Å². The number of methoxy groups -OCH3 is 1. The summed E-state index contributed by atoms with van der Waals surface area (Å²) in [6.45, 7) is -0.481. The highest BCUT2D eigenvalue weighted by molar-refractivity contribution is 5.77. The third-order valence-electron chi connectivity index (χ3n) is 2.01. The number of hydrogen-bond acceptors (Lipinski definition) is 4. The molecule has 0 rings (SSSR count). The second kappa shape index (κ2) is 8.86. The van der Waals surface area contributed by atoms with Gasteiger partial charge in [-0.05, 0) is 0 Å². The van der Waals surface area contributed by atoms with E-state index in [0.29, 0.717) is 0 Å². The van der Waals surface area contributed by atoms with E-state index in [0.717, 1.165) is 0 Å². The normalized spacial score (nSPS) is 10.4. The highest BCUT2D eigenvalue weighted by Crippen LogP contribution is 1.97. The monoisotopic (exact) mass is 253 g/mol. The molecule has 0 radical (unpaired) electrons. The maximum atomic E-state index is 11.7. The summed E-state index contributed by atoms with van der Waals surface area (Å²) >= 11 is 0. The number of nitrogens with zero attached hydrogens (tertiary/aromatic N) is 1. The third-order valence-corrected chi connectivity index (χ3v) is 2.01. The van der Waals surface area contributed by atoms with Crippen molar-refractivity contribution in [3.8, 4) is 0 Å². The van der Waals surface area contributed by atoms with Gasteiger partial charge in [0.2, 0.25) is 5.91 Å². The number of hydrogen-bond donors (Lipinski definition) is 0. The molecule has 0 aromatic heterocycles. The van der Waals surface area contributed by atoms with E-state index in [4.69, 9.17) is 0 Å². The number of rotatable bonds is 8. The topological polar surface area (TPSA) is 55.8 Å². The summed E-state index contributed by atoms with van der Waals surface area (Å²) in [7, 11) is 2.79. The minimum atomic E-state index is -2.53. The van der Waals surface area contributed by atoms with Crippen LogP contribution in [0.15, 0.2) is 0 Å². The molecule has 0 aromatic rings. The summed E-state index contributed by atoms with van der Waals surface area (Å²) in [6, 6.07) is 0. The Morgan fingerprint density at radius 2 is 1.94 bits per heavy atom. The summed E-state index contributed by atoms with van der Waals surface area (Å²) in [5.41, 5.74) is 0. The molecular weight excluding hydrogens is 236 g/mol. The minimum Gasteiger partial charge on any atom is -0.469 e. The Morgan fingerprint density at radius 1 is 1.29 bits per heavy atom. The van der Waals surface area contributed by atoms with Crippen molar-refractivity contribution in [1.29, 1.82) is 0 Å². The molecule has 0 saturated carbocycles. The van der Waals surface area contributed by atoms with Crippen molar-refractivity contribution in [2.24, 2.45) is 0 Å². The first kappa shape index (κ1) is 15.8. The van der Waals surface area contributed by atoms with E-state index in [9.17, 15) is 18.4 Å². The lowest BCUT2D eigenvalue weighted by Crippen LogP contribution is -2.30. The van der Waals surface area contributed by atoms with Gasteiger partial charge in [0.1, 0.15) is 6.61 Å². The van der Waals surface area contributed by atoms with Gasteiger partial charge in [0.15, 0.2) is 0 Å². The van der Waals surface area contributed by atoms with E-state index in [2.05, 4.69) is 9.47 Å². The summed E-state index contributed by atoms with van der Waals surface area (Å²) < 4.78 is 32.4. The highest BCUT2D eigenvalue weighted by atomic mass is 19.3. The number of halogens is 2. The van der Waals surface area contributed by atoms with Gasteiger partial charge in [-0.2, -0.15) is 0 Å². The van der Waals surface area contributed by atoms with Gasteiger partial charge in [0.25, 0.3) is 6.43 Å². The molecule has 0 bridgehead atoms. The number of carbonyl (C=O) groups excluding carboxylic acids is 2. The molecular formula is C10H17F2NO4. The van der Waals surface area contributed by atoms with E-state index in [1.807, 2.05) is 0 Å². The molecule has 0 N–H and O–H groups in total. The van der Waals surface area contributed by atoms with E-state index in [1.54, 1.807) is 0 Å². The molecule has 7 heteroatoms. The van der Waals surface area contributed by atoms with Crippen molar-refractivity contribution >= 4 is 11.9 Å². The molecule has 0 aromatic carbocycles. The fourth-order valence-corrected chi connectivity index (χ4v) is 1.01. The van der Waals surface area contributed by atoms with Crippen molar-refractivity contribution < 1.29 is 27.8 Å². The molecule has 0 aliphatic heterocycles. The second-order valence-electron chi connectivity index (χ2n) is 3.36. The van der Waals surface area contributed by atoms with Crippen LogP contribution in [0.25, 0.3) is 0 Å². The molecule has 0 aliphatic rings. The third kappa shape index (κ3) is 8.56. The molecule has 1 amide bonds. The summed E-state index contributed by atoms with van der Waals surface area (Å²) in [5.74, 6) is -0.665. The Kier molecular flexibility index (Phi) is 8.21. The van der Waals surface area contributed by atoms with E-state index in [1.165, 1.54) is 19.1 Å². The quantitative estimate of drug-likeness (QED) is 0.471. The first-order valence-corrected chi connectivity index (χ1v) is 5.14. The van der Waals surface area contributed by atoms with Gasteiger partial charge >= 0.3 is 5.97 Å². The predicted molar refractivity (Wildman–Crippen MR) is 55.7 cm³/mol. The Labute approximate surface area is 98.7 Å². The van der Waals surface area contributed by atoms with Crippen molar-refractivity contribution in [3.05, 3.63) is 0 Å². The molecule has 0 fully saturated rings. The Morgan fingerprint density at radius 3 is 2.47 bits per heavy atom. The van der Waals surface area contributed by atoms with Gasteiger partial charge in [-0.25, -0.2) is 8.78 Å². The van der Waals surface area contributed by atoms with Crippen LogP contribution in [0.1, 0.15) is 12.8 Å². The molecule has 0 atom stereocenters. The van der Waals surface area contributed by atoms with Crippen LogP contribution in [-0.2, 0) is 19.1 Å². The van der Waals surface area contributed by atoms with E-state index < -0.39 is 19.0 Å². The Hall–Kier alpha value is -1.24. The molecule has 0 aliphatic carbocycles. The zero-order valence-corrected chi connectivity index (χ0v) is 9.95. The molecule has 100 valence electrons. The van der Waals surface area contributed by atoms with Gasteiger partial charge in [-0.15, -0.1) is 0 Å². The lowest BCUT2D eigenvalue weighted by atomic mass is 10.3. The van der Waals surface area contributed by atoms with Crippen LogP contribution < -0.4 is 0 Å². The second-order valence-corrected chi connectivity index (χ2v) is 3.36. The summed E-state index contributed by atoms with van der Waals surface area (Å²) in [5, 5.41) is 0. The first-order valence-electron chi connectivity index (χ1n) is 5.14. The van der Waals surface area contributed by atoms with Crippen LogP contribution in [-0.4, -0.2) is 57.1 Å². The van der Waals surface area contributed by atoms with E-state index >= 15 is 0 Å². The van der Waals surface area contributed by atoms with Crippen molar-refractivity contribution in [2.45, 2.75) is 19.3 Å². The number of amides is 1. The Bertz CT molecular complexity index is 248. The van der Waals surface area contributed by atoms with Gasteiger partial charge in [0, 0.05) is 13.6 Å². The number of carbonyl (C=O) groups is 2. The average molecular weight is 253 g/mol. The minimum absolute atomic E-state index is 0.0182. The van der Waals surface area contributed by atoms with Gasteiger partial charge in [0.05, 0.1) is 26.6 Å². The lowest BCUT2D eigenvalue weighted by Gasteiger charge is -2.16. The average Bonchev–Trinajstić information content (AvgIpc) is 2.30. The summed E-state index contributed by atoms with van der Waals surface area (Å²) in [4.78, 5) is 23.5. The number of alkyl halides is 2. The zero-order chi connectivity index (χ0) is 13.3. The smallest absolute Gasteiger partial charge is 0.307 e. The van der Waals surface area contributed by atoms with Crippen LogP contribution >= 0.6 is 0 Å². The molecule has 5 nitrogen and oxygen atoms in total. The van der Waals surface area contributed by atoms with Gasteiger partial charge in [-0.3, -0.25) is 9.59 Å². The van der Waals surface area contributed by atoms with Gasteiger partial charge < -0.3 is 14.4 Å². The van der Waals surface area contributed by atoms with Crippen molar-refractivity contribution in [3.63, 3.8) is 0 Å². The van der Waals surface area contributed by atoms with E-state index in [-0.39, 0.29) is 31.9 Å². The fourth-order valence-electron chi connectivity index (χ4n) is 1.01. The predicted octanol–water partition coefficient (Wildman–Crippen LogP) is 0.680. The molecule has 0 heterocycles. The van der Waals surface area contributed by atoms with Crippen molar-refractivity contribution in [2.75, 3.05) is 33.9 Å². The molecule has 0 saturated heterocycles. The molecule has 0 spiro atoms. The maximum absolute atomic E-state index is 11.7. The van der Waals surface area contributed by atoms with Crippen LogP contribution in [0.2, 0.25) is 0 Å². The lowest BCUT2D eigenvalue weighted by molar-refractivity contribution is -0.141. The van der Waals surface area contributed by atoms with Crippen LogP contribution in [0.4, 0.5) is 8.78 Å². The number of esters is 1. The van der Waals surface area contributed by atoms with Crippen LogP contribution in [0.5, 0.6) is 0 Å². The fraction of sp³-hybridized carbons (Fsp3) is 0.800. The summed E-state index contributed by atoms with van der Waals surface area (Å²) in [6.07, 6.45) is -2.40. The Balaban J connectivity index is 3.64. The maximum Gasteiger partial charge on any atom is 0.307 e. The largest absolute Gasteiger partial charge is 0.469 e. The molecule has 17 heavy (non-hydrogen) atoms. The van der Waals surface area contributed by atoms with Crippen LogP contribution in [0.3, 0.4) is 0 Å². The number of ether oxygens (including phenoxy) is 2. The first-order chi connectivity index (χ1) is 7.97. The zero-order valence-electron chi connectivity index (χ0n) is 9.95.